The van der Waals surface area contributed by atoms with Gasteiger partial charge in [-0.05, 0) is 88.3 Å². The molecule has 1 heterocycles. The average Bonchev–Trinajstić information content (AvgIpc) is 2.92. The van der Waals surface area contributed by atoms with Crippen molar-refractivity contribution in [3.63, 3.8) is 0 Å². The summed E-state index contributed by atoms with van der Waals surface area (Å²) in [6, 6.07) is 11.5. The number of ketones is 2. The first-order valence-corrected chi connectivity index (χ1v) is 16.6. The number of hydrogen-bond acceptors (Lipinski definition) is 6. The third-order valence-corrected chi connectivity index (χ3v) is 9.51. The van der Waals surface area contributed by atoms with Gasteiger partial charge in [0.2, 0.25) is 0 Å². The average molecular weight is 685 g/mol. The molecule has 0 radical (unpaired) electrons. The second kappa shape index (κ2) is 13.0. The lowest BCUT2D eigenvalue weighted by molar-refractivity contribution is -0.119. The zero-order valence-electron chi connectivity index (χ0n) is 26.6. The normalized spacial score (nSPS) is 19.7. The Labute approximate surface area is 274 Å². The van der Waals surface area contributed by atoms with Gasteiger partial charge >= 0.3 is 0 Å². The highest BCUT2D eigenvalue weighted by atomic mass is 79.9. The van der Waals surface area contributed by atoms with Crippen molar-refractivity contribution < 1.29 is 23.8 Å². The number of nitrogens with zero attached hydrogens (tertiary/aromatic N) is 1. The van der Waals surface area contributed by atoms with Gasteiger partial charge < -0.3 is 19.1 Å². The molecule has 5 rings (SSSR count). The van der Waals surface area contributed by atoms with Gasteiger partial charge in [-0.1, -0.05) is 51.4 Å². The molecule has 0 unspecified atom stereocenters. The van der Waals surface area contributed by atoms with Crippen molar-refractivity contribution in [3.05, 3.63) is 79.6 Å². The topological polar surface area (TPSA) is 65.1 Å². The largest absolute Gasteiger partial charge is 0.490 e. The monoisotopic (exact) mass is 683 g/mol. The van der Waals surface area contributed by atoms with Crippen molar-refractivity contribution in [2.45, 2.75) is 79.2 Å². The van der Waals surface area contributed by atoms with E-state index in [2.05, 4.69) is 48.5 Å². The zero-order valence-corrected chi connectivity index (χ0v) is 29.0. The van der Waals surface area contributed by atoms with Gasteiger partial charge in [-0.25, -0.2) is 0 Å². The molecule has 0 spiro atoms. The summed E-state index contributed by atoms with van der Waals surface area (Å²) in [6.45, 7) is 12.6. The summed E-state index contributed by atoms with van der Waals surface area (Å²) in [5, 5.41) is 0.646. The van der Waals surface area contributed by atoms with E-state index in [1.807, 2.05) is 43.3 Å². The van der Waals surface area contributed by atoms with Gasteiger partial charge in [0, 0.05) is 66.6 Å². The van der Waals surface area contributed by atoms with Crippen LogP contribution >= 0.6 is 27.5 Å². The van der Waals surface area contributed by atoms with Crippen LogP contribution in [0.3, 0.4) is 0 Å². The molecule has 2 aromatic carbocycles. The van der Waals surface area contributed by atoms with Crippen molar-refractivity contribution >= 4 is 39.1 Å². The van der Waals surface area contributed by atoms with Crippen LogP contribution in [-0.2, 0) is 20.9 Å². The maximum atomic E-state index is 14.1. The van der Waals surface area contributed by atoms with Crippen molar-refractivity contribution in [1.82, 2.24) is 4.90 Å². The molecule has 44 heavy (non-hydrogen) atoms. The van der Waals surface area contributed by atoms with Gasteiger partial charge in [-0.2, -0.15) is 0 Å². The molecular weight excluding hydrogens is 642 g/mol. The quantitative estimate of drug-likeness (QED) is 0.233. The summed E-state index contributed by atoms with van der Waals surface area (Å²) >= 11 is 9.96. The highest BCUT2D eigenvalue weighted by Crippen LogP contribution is 2.55. The smallest absolute Gasteiger partial charge is 0.175 e. The number of allylic oxidation sites excluding steroid dienone is 4. The van der Waals surface area contributed by atoms with Crippen LogP contribution in [0.4, 0.5) is 0 Å². The predicted octanol–water partition coefficient (Wildman–Crippen LogP) is 8.80. The molecule has 0 fully saturated rings. The van der Waals surface area contributed by atoms with Crippen LogP contribution in [-0.4, -0.2) is 43.3 Å². The lowest BCUT2D eigenvalue weighted by Gasteiger charge is -2.49. The lowest BCUT2D eigenvalue weighted by Crippen LogP contribution is -2.44. The van der Waals surface area contributed by atoms with Crippen molar-refractivity contribution in [3.8, 4) is 11.5 Å². The Hall–Kier alpha value is -2.61. The van der Waals surface area contributed by atoms with E-state index in [9.17, 15) is 9.59 Å². The number of halogens is 2. The second-order valence-electron chi connectivity index (χ2n) is 13.7. The fourth-order valence-electron chi connectivity index (χ4n) is 6.96. The number of hydrogen-bond donors (Lipinski definition) is 0. The van der Waals surface area contributed by atoms with E-state index >= 15 is 0 Å². The minimum absolute atomic E-state index is 0.109. The van der Waals surface area contributed by atoms with E-state index in [1.165, 1.54) is 0 Å². The molecular formula is C36H43BrClNO5. The van der Waals surface area contributed by atoms with E-state index in [1.54, 1.807) is 7.11 Å². The van der Waals surface area contributed by atoms with Gasteiger partial charge in [-0.3, -0.25) is 9.59 Å². The summed E-state index contributed by atoms with van der Waals surface area (Å²) in [5.41, 5.74) is 5.02. The van der Waals surface area contributed by atoms with Crippen molar-refractivity contribution in [2.75, 3.05) is 26.9 Å². The van der Waals surface area contributed by atoms with Crippen LogP contribution in [0.1, 0.15) is 83.8 Å². The molecule has 236 valence electrons. The molecule has 1 aliphatic heterocycles. The molecule has 2 aromatic rings. The third kappa shape index (κ3) is 6.80. The first-order valence-electron chi connectivity index (χ1n) is 15.5. The summed E-state index contributed by atoms with van der Waals surface area (Å²) < 4.78 is 18.5. The Bertz CT molecular complexity index is 1470. The van der Waals surface area contributed by atoms with Gasteiger partial charge in [0.05, 0.1) is 11.1 Å². The van der Waals surface area contributed by atoms with E-state index < -0.39 is 5.92 Å². The summed E-state index contributed by atoms with van der Waals surface area (Å²) in [6.07, 6.45) is 3.22. The fraction of sp³-hybridized carbons (Fsp3) is 0.500. The molecule has 0 atom stereocenters. The number of methoxy groups -OCH3 is 1. The van der Waals surface area contributed by atoms with Crippen LogP contribution in [0.5, 0.6) is 11.5 Å². The number of Topliss-reactive ketones (excluding diaryl/α,β-unsaturated/α-hetero) is 2. The molecule has 2 aliphatic carbocycles. The SMILES string of the molecule is CCOc1cc(C2C3=C(CC(C)(C)CC3=O)N(CCCOC)C3=C2C(=O)CC(C)(C)C3)cc(Br)c1OCc1cccc(Cl)c1. The first kappa shape index (κ1) is 32.8. The lowest BCUT2D eigenvalue weighted by atomic mass is 9.63. The van der Waals surface area contributed by atoms with Crippen LogP contribution < -0.4 is 9.47 Å². The van der Waals surface area contributed by atoms with Gasteiger partial charge in [-0.15, -0.1) is 0 Å². The first-order chi connectivity index (χ1) is 20.8. The van der Waals surface area contributed by atoms with E-state index in [0.717, 1.165) is 52.9 Å². The minimum Gasteiger partial charge on any atom is -0.490 e. The molecule has 3 aliphatic rings. The minimum atomic E-state index is -0.469. The number of ether oxygens (including phenoxy) is 3. The van der Waals surface area contributed by atoms with E-state index in [0.29, 0.717) is 60.2 Å². The standard InChI is InChI=1S/C36H43BrClNO5/c1-7-43-30-16-23(15-25(37)34(30)44-21-22-10-8-11-24(38)14-22)31-32-26(17-35(2,3)19-28(32)40)39(12-9-13-42-6)27-18-36(4,5)20-29(41)33(27)31/h8,10-11,14-16,31H,7,9,12-13,17-21H2,1-6H3. The number of benzene rings is 2. The van der Waals surface area contributed by atoms with Gasteiger partial charge in [0.25, 0.3) is 0 Å². The summed E-state index contributed by atoms with van der Waals surface area (Å²) in [4.78, 5) is 30.6. The van der Waals surface area contributed by atoms with Crippen molar-refractivity contribution in [2.24, 2.45) is 10.8 Å². The maximum Gasteiger partial charge on any atom is 0.175 e. The number of carbonyl (C=O) groups is 2. The Morgan fingerprint density at radius 3 is 2.14 bits per heavy atom. The molecule has 6 nitrogen and oxygen atoms in total. The van der Waals surface area contributed by atoms with Crippen LogP contribution in [0.15, 0.2) is 63.4 Å². The zero-order chi connectivity index (χ0) is 31.8. The molecule has 0 amide bonds. The fourth-order valence-corrected chi connectivity index (χ4v) is 7.74. The van der Waals surface area contributed by atoms with Crippen LogP contribution in [0, 0.1) is 10.8 Å². The highest BCUT2D eigenvalue weighted by Gasteiger charge is 2.49. The molecule has 0 bridgehead atoms. The highest BCUT2D eigenvalue weighted by molar-refractivity contribution is 9.10. The van der Waals surface area contributed by atoms with Crippen molar-refractivity contribution in [1.29, 1.82) is 0 Å². The van der Waals surface area contributed by atoms with Gasteiger partial charge in [0.15, 0.2) is 23.1 Å². The molecule has 8 heteroatoms. The predicted molar refractivity (Wildman–Crippen MR) is 177 cm³/mol. The Kier molecular flexibility index (Phi) is 9.69. The van der Waals surface area contributed by atoms with Crippen LogP contribution in [0.2, 0.25) is 5.02 Å². The molecule has 0 aromatic heterocycles. The summed E-state index contributed by atoms with van der Waals surface area (Å²) in [7, 11) is 1.71. The Morgan fingerprint density at radius 2 is 1.57 bits per heavy atom. The van der Waals surface area contributed by atoms with E-state index in [-0.39, 0.29) is 22.4 Å². The Morgan fingerprint density at radius 1 is 0.932 bits per heavy atom. The Balaban J connectivity index is 1.66. The maximum absolute atomic E-state index is 14.1. The third-order valence-electron chi connectivity index (χ3n) is 8.69. The van der Waals surface area contributed by atoms with Crippen LogP contribution in [0.25, 0.3) is 0 Å². The van der Waals surface area contributed by atoms with E-state index in [4.69, 9.17) is 25.8 Å². The molecule has 0 saturated carbocycles. The number of rotatable bonds is 10. The summed E-state index contributed by atoms with van der Waals surface area (Å²) in [5.74, 6) is 0.888. The second-order valence-corrected chi connectivity index (χ2v) is 15.0. The molecule has 0 N–H and O–H groups in total. The number of carbonyl (C=O) groups excluding carboxylic acids is 2. The van der Waals surface area contributed by atoms with Gasteiger partial charge in [0.1, 0.15) is 6.61 Å². The molecule has 0 saturated heterocycles.